The second-order valence-electron chi connectivity index (χ2n) is 7.24. The summed E-state index contributed by atoms with van der Waals surface area (Å²) in [7, 11) is 1.77. The molecule has 2 aromatic heterocycles. The molecular weight excluding hydrogens is 348 g/mol. The first-order chi connectivity index (χ1) is 12.9. The fourth-order valence-corrected chi connectivity index (χ4v) is 3.48. The Morgan fingerprint density at radius 2 is 2.00 bits per heavy atom. The van der Waals surface area contributed by atoms with Gasteiger partial charge in [0.05, 0.1) is 11.9 Å². The van der Waals surface area contributed by atoms with E-state index in [-0.39, 0.29) is 23.4 Å². The highest BCUT2D eigenvalue weighted by atomic mass is 16.4. The first kappa shape index (κ1) is 17.4. The van der Waals surface area contributed by atoms with Gasteiger partial charge in [-0.2, -0.15) is 5.10 Å². The molecule has 1 saturated heterocycles. The lowest BCUT2D eigenvalue weighted by Crippen LogP contribution is -2.55. The van der Waals surface area contributed by atoms with E-state index < -0.39 is 5.97 Å². The first-order valence-corrected chi connectivity index (χ1v) is 9.09. The summed E-state index contributed by atoms with van der Waals surface area (Å²) in [6.07, 6.45) is 6.67. The highest BCUT2D eigenvalue weighted by Crippen LogP contribution is 2.32. The van der Waals surface area contributed by atoms with Gasteiger partial charge in [0.15, 0.2) is 0 Å². The van der Waals surface area contributed by atoms with Gasteiger partial charge in [-0.15, -0.1) is 0 Å². The molecule has 27 heavy (non-hydrogen) atoms. The Kier molecular flexibility index (Phi) is 4.29. The number of anilines is 1. The number of carboxylic acid groups (broad SMARTS) is 1. The van der Waals surface area contributed by atoms with Crippen molar-refractivity contribution in [1.29, 1.82) is 0 Å². The van der Waals surface area contributed by atoms with Gasteiger partial charge in [0, 0.05) is 56.6 Å². The van der Waals surface area contributed by atoms with Crippen molar-refractivity contribution in [3.8, 4) is 11.3 Å². The largest absolute Gasteiger partial charge is 0.478 e. The minimum absolute atomic E-state index is 0.0438. The van der Waals surface area contributed by atoms with Crippen LogP contribution in [0.3, 0.4) is 0 Å². The topological polar surface area (TPSA) is 104 Å². The second kappa shape index (κ2) is 6.64. The number of aryl methyl sites for hydroxylation is 1. The summed E-state index contributed by atoms with van der Waals surface area (Å²) in [5, 5.41) is 13.6. The predicted molar refractivity (Wildman–Crippen MR) is 97.3 cm³/mol. The molecule has 4 rings (SSSR count). The molecule has 2 aromatic rings. The maximum Gasteiger partial charge on any atom is 0.339 e. The van der Waals surface area contributed by atoms with E-state index in [2.05, 4.69) is 15.1 Å². The van der Waals surface area contributed by atoms with Crippen molar-refractivity contribution >= 4 is 17.8 Å². The fraction of sp³-hybridized carbons (Fsp3) is 0.500. The Bertz CT molecular complexity index is 891. The molecule has 1 atom stereocenters. The summed E-state index contributed by atoms with van der Waals surface area (Å²) in [4.78, 5) is 36.7. The van der Waals surface area contributed by atoms with Gasteiger partial charge in [0.25, 0.3) is 0 Å². The van der Waals surface area contributed by atoms with Crippen LogP contribution in [-0.2, 0) is 11.8 Å². The number of carbonyl (C=O) groups is 2. The lowest BCUT2D eigenvalue weighted by molar-refractivity contribution is -0.134. The molecule has 1 N–H and O–H groups in total. The van der Waals surface area contributed by atoms with Crippen LogP contribution in [0.15, 0.2) is 18.6 Å². The summed E-state index contributed by atoms with van der Waals surface area (Å²) >= 11 is 0. The van der Waals surface area contributed by atoms with Crippen molar-refractivity contribution in [2.75, 3.05) is 24.5 Å². The Labute approximate surface area is 156 Å². The number of carboxylic acids is 1. The van der Waals surface area contributed by atoms with Crippen molar-refractivity contribution in [3.05, 3.63) is 24.2 Å². The molecule has 2 aliphatic rings. The summed E-state index contributed by atoms with van der Waals surface area (Å²) < 4.78 is 1.60. The number of aromatic carboxylic acids is 1. The highest BCUT2D eigenvalue weighted by Gasteiger charge is 2.37. The minimum Gasteiger partial charge on any atom is -0.478 e. The molecule has 2 fully saturated rings. The van der Waals surface area contributed by atoms with E-state index in [1.807, 2.05) is 16.7 Å². The molecule has 0 radical (unpaired) electrons. The third-order valence-corrected chi connectivity index (χ3v) is 5.10. The summed E-state index contributed by atoms with van der Waals surface area (Å²) in [6, 6.07) is 0.0662. The SMILES string of the molecule is C[C@@H]1CN(c2ncc(C(=O)O)c(-c3cnn(C)c3)n2)CCN1C(=O)C1CC1. The third kappa shape index (κ3) is 3.36. The van der Waals surface area contributed by atoms with E-state index in [1.165, 1.54) is 6.20 Å². The molecule has 0 spiro atoms. The summed E-state index contributed by atoms with van der Waals surface area (Å²) in [5.41, 5.74) is 1.03. The maximum absolute atomic E-state index is 12.4. The van der Waals surface area contributed by atoms with Gasteiger partial charge in [-0.05, 0) is 19.8 Å². The van der Waals surface area contributed by atoms with Gasteiger partial charge in [-0.25, -0.2) is 14.8 Å². The van der Waals surface area contributed by atoms with Crippen molar-refractivity contribution < 1.29 is 14.7 Å². The van der Waals surface area contributed by atoms with Gasteiger partial charge in [0.2, 0.25) is 11.9 Å². The third-order valence-electron chi connectivity index (χ3n) is 5.10. The Morgan fingerprint density at radius 1 is 1.22 bits per heavy atom. The van der Waals surface area contributed by atoms with Crippen molar-refractivity contribution in [3.63, 3.8) is 0 Å². The molecule has 1 amide bonds. The highest BCUT2D eigenvalue weighted by molar-refractivity contribution is 5.94. The lowest BCUT2D eigenvalue weighted by Gasteiger charge is -2.40. The number of hydrogen-bond donors (Lipinski definition) is 1. The zero-order valence-corrected chi connectivity index (χ0v) is 15.4. The zero-order valence-electron chi connectivity index (χ0n) is 15.4. The van der Waals surface area contributed by atoms with Crippen LogP contribution in [0.2, 0.25) is 0 Å². The van der Waals surface area contributed by atoms with Crippen LogP contribution >= 0.6 is 0 Å². The molecule has 9 nitrogen and oxygen atoms in total. The Balaban J connectivity index is 1.59. The van der Waals surface area contributed by atoms with E-state index in [0.29, 0.717) is 36.8 Å². The van der Waals surface area contributed by atoms with E-state index in [9.17, 15) is 14.7 Å². The van der Waals surface area contributed by atoms with Crippen LogP contribution in [0.1, 0.15) is 30.1 Å². The van der Waals surface area contributed by atoms with Crippen LogP contribution in [0.4, 0.5) is 5.95 Å². The molecule has 9 heteroatoms. The molecule has 0 bridgehead atoms. The van der Waals surface area contributed by atoms with Crippen LogP contribution in [-0.4, -0.2) is 67.3 Å². The van der Waals surface area contributed by atoms with Crippen LogP contribution in [0, 0.1) is 5.92 Å². The number of amides is 1. The zero-order chi connectivity index (χ0) is 19.1. The van der Waals surface area contributed by atoms with Gasteiger partial charge in [-0.3, -0.25) is 9.48 Å². The monoisotopic (exact) mass is 370 g/mol. The first-order valence-electron chi connectivity index (χ1n) is 9.09. The quantitative estimate of drug-likeness (QED) is 0.857. The van der Waals surface area contributed by atoms with E-state index in [0.717, 1.165) is 12.8 Å². The smallest absolute Gasteiger partial charge is 0.339 e. The van der Waals surface area contributed by atoms with Crippen LogP contribution in [0.25, 0.3) is 11.3 Å². The van der Waals surface area contributed by atoms with Crippen molar-refractivity contribution in [2.24, 2.45) is 13.0 Å². The van der Waals surface area contributed by atoms with Crippen molar-refractivity contribution in [1.82, 2.24) is 24.6 Å². The molecule has 3 heterocycles. The predicted octanol–water partition coefficient (Wildman–Crippen LogP) is 1.02. The minimum atomic E-state index is -1.08. The molecule has 0 aromatic carbocycles. The van der Waals surface area contributed by atoms with E-state index >= 15 is 0 Å². The normalized spacial score (nSPS) is 20.0. The summed E-state index contributed by atoms with van der Waals surface area (Å²) in [5.74, 6) is -0.138. The number of rotatable bonds is 4. The summed E-state index contributed by atoms with van der Waals surface area (Å²) in [6.45, 7) is 3.90. The molecule has 1 saturated carbocycles. The van der Waals surface area contributed by atoms with Gasteiger partial charge in [-0.1, -0.05) is 0 Å². The Hall–Kier alpha value is -2.97. The standard InChI is InChI=1S/C18H22N6O3/c1-11-9-23(5-6-24(11)16(25)12-3-4-12)18-19-8-14(17(26)27)15(21-18)13-7-20-22(2)10-13/h7-8,10-12H,3-6,9H2,1-2H3,(H,26,27)/t11-/m1/s1. The number of aromatic nitrogens is 4. The fourth-order valence-electron chi connectivity index (χ4n) is 3.48. The molecule has 1 aliphatic heterocycles. The molecule has 142 valence electrons. The van der Waals surface area contributed by atoms with Crippen LogP contribution < -0.4 is 4.90 Å². The number of piperazine rings is 1. The van der Waals surface area contributed by atoms with Gasteiger partial charge >= 0.3 is 5.97 Å². The molecular formula is C18H22N6O3. The van der Waals surface area contributed by atoms with Crippen molar-refractivity contribution in [2.45, 2.75) is 25.8 Å². The Morgan fingerprint density at radius 3 is 2.59 bits per heavy atom. The second-order valence-corrected chi connectivity index (χ2v) is 7.24. The average Bonchev–Trinajstić information content (AvgIpc) is 3.41. The molecule has 1 aliphatic carbocycles. The van der Waals surface area contributed by atoms with E-state index in [1.54, 1.807) is 24.1 Å². The molecule has 0 unspecified atom stereocenters. The average molecular weight is 370 g/mol. The van der Waals surface area contributed by atoms with Gasteiger partial charge < -0.3 is 14.9 Å². The number of nitrogens with zero attached hydrogens (tertiary/aromatic N) is 6. The maximum atomic E-state index is 12.4. The van der Waals surface area contributed by atoms with Crippen LogP contribution in [0.5, 0.6) is 0 Å². The van der Waals surface area contributed by atoms with E-state index in [4.69, 9.17) is 0 Å². The number of carbonyl (C=O) groups excluding carboxylic acids is 1. The van der Waals surface area contributed by atoms with Gasteiger partial charge in [0.1, 0.15) is 5.56 Å². The lowest BCUT2D eigenvalue weighted by atomic mass is 10.1. The number of hydrogen-bond acceptors (Lipinski definition) is 6.